The maximum Gasteiger partial charge on any atom is 0.0809 e. The Labute approximate surface area is 122 Å². The normalized spacial score (nSPS) is 12.7. The zero-order valence-corrected chi connectivity index (χ0v) is 12.4. The van der Waals surface area contributed by atoms with E-state index in [4.69, 9.17) is 0 Å². The van der Waals surface area contributed by atoms with Gasteiger partial charge in [0.25, 0.3) is 0 Å². The minimum atomic E-state index is 0.272. The average Bonchev–Trinajstić information content (AvgIpc) is 2.93. The lowest BCUT2D eigenvalue weighted by atomic mass is 10.1. The van der Waals surface area contributed by atoms with Gasteiger partial charge in [-0.3, -0.25) is 9.97 Å². The number of aromatic nitrogens is 2. The summed E-state index contributed by atoms with van der Waals surface area (Å²) in [5.74, 6) is 0. The molecule has 3 aromatic rings. The summed E-state index contributed by atoms with van der Waals surface area (Å²) in [6.07, 6.45) is 5.72. The first-order valence-corrected chi connectivity index (χ1v) is 7.58. The van der Waals surface area contributed by atoms with E-state index in [1.54, 1.807) is 11.3 Å². The van der Waals surface area contributed by atoms with Crippen LogP contribution in [0.4, 0.5) is 0 Å². The Morgan fingerprint density at radius 1 is 1.30 bits per heavy atom. The van der Waals surface area contributed by atoms with Crippen LogP contribution < -0.4 is 5.32 Å². The molecule has 0 bridgehead atoms. The number of thiophene rings is 1. The molecule has 3 nitrogen and oxygen atoms in total. The molecule has 0 fully saturated rings. The number of nitrogens with one attached hydrogen (secondary N) is 1. The smallest absolute Gasteiger partial charge is 0.0809 e. The summed E-state index contributed by atoms with van der Waals surface area (Å²) < 4.78 is 1.24. The number of pyridine rings is 2. The van der Waals surface area contributed by atoms with E-state index in [1.165, 1.54) is 21.4 Å². The molecule has 4 heteroatoms. The minimum Gasteiger partial charge on any atom is -0.306 e. The van der Waals surface area contributed by atoms with E-state index in [-0.39, 0.29) is 6.04 Å². The van der Waals surface area contributed by atoms with E-state index in [1.807, 2.05) is 24.7 Å². The summed E-state index contributed by atoms with van der Waals surface area (Å²) >= 11 is 1.74. The number of fused-ring (bicyclic) bond motifs is 1. The Kier molecular flexibility index (Phi) is 3.76. The van der Waals surface area contributed by atoms with Gasteiger partial charge in [0.1, 0.15) is 0 Å². The molecule has 0 aliphatic carbocycles. The molecule has 102 valence electrons. The van der Waals surface area contributed by atoms with Crippen molar-refractivity contribution in [2.24, 2.45) is 0 Å². The van der Waals surface area contributed by atoms with Crippen molar-refractivity contribution in [2.45, 2.75) is 26.4 Å². The van der Waals surface area contributed by atoms with Crippen LogP contribution in [0.3, 0.4) is 0 Å². The molecule has 0 radical (unpaired) electrons. The largest absolute Gasteiger partial charge is 0.306 e. The minimum absolute atomic E-state index is 0.272. The lowest BCUT2D eigenvalue weighted by Gasteiger charge is -2.15. The Morgan fingerprint density at radius 2 is 2.20 bits per heavy atom. The van der Waals surface area contributed by atoms with Crippen LogP contribution in [0.15, 0.2) is 42.2 Å². The summed E-state index contributed by atoms with van der Waals surface area (Å²) in [5.41, 5.74) is 4.81. The first kappa shape index (κ1) is 13.2. The molecule has 3 rings (SSSR count). The van der Waals surface area contributed by atoms with Crippen molar-refractivity contribution in [3.05, 3.63) is 58.9 Å². The fourth-order valence-electron chi connectivity index (χ4n) is 2.16. The van der Waals surface area contributed by atoms with E-state index in [0.717, 1.165) is 12.1 Å². The fourth-order valence-corrected chi connectivity index (χ4v) is 2.95. The van der Waals surface area contributed by atoms with Crippen LogP contribution >= 0.6 is 11.3 Å². The molecule has 20 heavy (non-hydrogen) atoms. The van der Waals surface area contributed by atoms with E-state index < -0.39 is 0 Å². The molecular weight excluding hydrogens is 266 g/mol. The molecule has 1 unspecified atom stereocenters. The molecule has 0 spiro atoms. The van der Waals surface area contributed by atoms with Gasteiger partial charge in [0.05, 0.1) is 10.2 Å². The highest BCUT2D eigenvalue weighted by Crippen LogP contribution is 2.22. The highest BCUT2D eigenvalue weighted by atomic mass is 32.1. The van der Waals surface area contributed by atoms with Crippen molar-refractivity contribution in [1.29, 1.82) is 0 Å². The first-order valence-electron chi connectivity index (χ1n) is 6.70. The van der Waals surface area contributed by atoms with Crippen LogP contribution in [0.1, 0.15) is 29.7 Å². The zero-order chi connectivity index (χ0) is 13.9. The zero-order valence-electron chi connectivity index (χ0n) is 11.6. The predicted octanol–water partition coefficient (Wildman–Crippen LogP) is 3.85. The van der Waals surface area contributed by atoms with E-state index in [0.29, 0.717) is 0 Å². The fraction of sp³-hybridized carbons (Fsp3) is 0.250. The Balaban J connectivity index is 1.72. The van der Waals surface area contributed by atoms with Crippen LogP contribution in [0.5, 0.6) is 0 Å². The van der Waals surface area contributed by atoms with Crippen molar-refractivity contribution < 1.29 is 0 Å². The van der Waals surface area contributed by atoms with Crippen molar-refractivity contribution in [3.63, 3.8) is 0 Å². The van der Waals surface area contributed by atoms with E-state index in [2.05, 4.69) is 46.6 Å². The maximum absolute atomic E-state index is 4.49. The third-order valence-corrected chi connectivity index (χ3v) is 4.42. The maximum atomic E-state index is 4.49. The van der Waals surface area contributed by atoms with Gasteiger partial charge in [-0.2, -0.15) is 0 Å². The molecule has 0 aromatic carbocycles. The number of rotatable bonds is 4. The highest BCUT2D eigenvalue weighted by molar-refractivity contribution is 7.17. The number of hydrogen-bond acceptors (Lipinski definition) is 4. The first-order chi connectivity index (χ1) is 9.74. The SMILES string of the molecule is Cc1ccncc1CNC(C)c1cnc2ccsc2c1. The monoisotopic (exact) mass is 283 g/mol. The lowest BCUT2D eigenvalue weighted by molar-refractivity contribution is 0.571. The third kappa shape index (κ3) is 2.71. The highest BCUT2D eigenvalue weighted by Gasteiger charge is 2.08. The van der Waals surface area contributed by atoms with Crippen LogP contribution in [-0.2, 0) is 6.54 Å². The summed E-state index contributed by atoms with van der Waals surface area (Å²) in [6.45, 7) is 5.11. The van der Waals surface area contributed by atoms with Crippen molar-refractivity contribution >= 4 is 21.6 Å². The van der Waals surface area contributed by atoms with Crippen molar-refractivity contribution in [3.8, 4) is 0 Å². The second kappa shape index (κ2) is 5.69. The Morgan fingerprint density at radius 3 is 3.05 bits per heavy atom. The quantitative estimate of drug-likeness (QED) is 0.790. The molecule has 0 saturated carbocycles. The Bertz CT molecular complexity index is 720. The van der Waals surface area contributed by atoms with Gasteiger partial charge < -0.3 is 5.32 Å². The summed E-state index contributed by atoms with van der Waals surface area (Å²) in [5, 5.41) is 5.62. The Hall–Kier alpha value is -1.78. The van der Waals surface area contributed by atoms with Crippen molar-refractivity contribution in [1.82, 2.24) is 15.3 Å². The van der Waals surface area contributed by atoms with Gasteiger partial charge in [0.15, 0.2) is 0 Å². The topological polar surface area (TPSA) is 37.8 Å². The molecule has 1 atom stereocenters. The second-order valence-corrected chi connectivity index (χ2v) is 5.93. The van der Waals surface area contributed by atoms with Gasteiger partial charge in [-0.15, -0.1) is 11.3 Å². The van der Waals surface area contributed by atoms with Gasteiger partial charge in [-0.25, -0.2) is 0 Å². The molecule has 0 saturated heterocycles. The molecule has 1 N–H and O–H groups in total. The molecule has 3 heterocycles. The van der Waals surface area contributed by atoms with Crippen LogP contribution in [0.2, 0.25) is 0 Å². The lowest BCUT2D eigenvalue weighted by Crippen LogP contribution is -2.18. The number of aryl methyl sites for hydroxylation is 1. The van der Waals surface area contributed by atoms with Gasteiger partial charge >= 0.3 is 0 Å². The molecule has 0 aliphatic heterocycles. The van der Waals surface area contributed by atoms with Crippen LogP contribution in [-0.4, -0.2) is 9.97 Å². The number of hydrogen-bond donors (Lipinski definition) is 1. The van der Waals surface area contributed by atoms with Crippen LogP contribution in [0.25, 0.3) is 10.2 Å². The second-order valence-electron chi connectivity index (χ2n) is 4.98. The summed E-state index contributed by atoms with van der Waals surface area (Å²) in [4.78, 5) is 8.67. The summed E-state index contributed by atoms with van der Waals surface area (Å²) in [7, 11) is 0. The molecular formula is C16H17N3S. The number of nitrogens with zero attached hydrogens (tertiary/aromatic N) is 2. The average molecular weight is 283 g/mol. The molecule has 0 aliphatic rings. The van der Waals surface area contributed by atoms with Gasteiger partial charge in [-0.1, -0.05) is 0 Å². The molecule has 0 amide bonds. The molecule has 3 aromatic heterocycles. The van der Waals surface area contributed by atoms with E-state index >= 15 is 0 Å². The third-order valence-electron chi connectivity index (χ3n) is 3.57. The standard InChI is InChI=1S/C16H17N3S/c1-11-3-5-17-8-14(11)10-18-12(2)13-7-16-15(19-9-13)4-6-20-16/h3-9,12,18H,10H2,1-2H3. The van der Waals surface area contributed by atoms with Gasteiger partial charge in [0.2, 0.25) is 0 Å². The van der Waals surface area contributed by atoms with Crippen molar-refractivity contribution in [2.75, 3.05) is 0 Å². The van der Waals surface area contributed by atoms with Gasteiger partial charge in [-0.05, 0) is 54.1 Å². The van der Waals surface area contributed by atoms with E-state index in [9.17, 15) is 0 Å². The predicted molar refractivity (Wildman–Crippen MR) is 83.8 cm³/mol. The van der Waals surface area contributed by atoms with Crippen LogP contribution in [0, 0.1) is 6.92 Å². The van der Waals surface area contributed by atoms with Gasteiger partial charge in [0, 0.05) is 31.2 Å². The summed E-state index contributed by atoms with van der Waals surface area (Å²) in [6, 6.07) is 6.59.